The maximum Gasteiger partial charge on any atom is 0.345 e. The SMILES string of the molecule is COc1ccc(/C=C/C(=O)c2ccc(C(=O)O)s2)c(OC)c1OC. The van der Waals surface area contributed by atoms with E-state index in [4.69, 9.17) is 19.3 Å². The van der Waals surface area contributed by atoms with Crippen LogP contribution in [0.5, 0.6) is 17.2 Å². The average molecular weight is 348 g/mol. The van der Waals surface area contributed by atoms with Crippen molar-refractivity contribution in [3.8, 4) is 17.2 Å². The topological polar surface area (TPSA) is 82.1 Å². The summed E-state index contributed by atoms with van der Waals surface area (Å²) in [4.78, 5) is 23.5. The van der Waals surface area contributed by atoms with Gasteiger partial charge in [-0.05, 0) is 36.4 Å². The van der Waals surface area contributed by atoms with Crippen molar-refractivity contribution in [1.82, 2.24) is 0 Å². The Bertz CT molecular complexity index is 790. The van der Waals surface area contributed by atoms with Crippen LogP contribution in [0.4, 0.5) is 0 Å². The first-order valence-electron chi connectivity index (χ1n) is 6.86. The normalized spacial score (nSPS) is 10.6. The van der Waals surface area contributed by atoms with E-state index >= 15 is 0 Å². The van der Waals surface area contributed by atoms with Gasteiger partial charge in [0, 0.05) is 5.56 Å². The summed E-state index contributed by atoms with van der Waals surface area (Å²) in [6.45, 7) is 0. The Morgan fingerprint density at radius 1 is 0.958 bits per heavy atom. The fourth-order valence-electron chi connectivity index (χ4n) is 2.09. The van der Waals surface area contributed by atoms with Gasteiger partial charge in [-0.2, -0.15) is 0 Å². The van der Waals surface area contributed by atoms with Crippen LogP contribution >= 0.6 is 11.3 Å². The first-order chi connectivity index (χ1) is 11.5. The lowest BCUT2D eigenvalue weighted by Crippen LogP contribution is -1.97. The summed E-state index contributed by atoms with van der Waals surface area (Å²) in [5.41, 5.74) is 0.638. The third-order valence-corrected chi connectivity index (χ3v) is 4.30. The molecule has 7 heteroatoms. The van der Waals surface area contributed by atoms with Crippen LogP contribution in [0.1, 0.15) is 24.9 Å². The molecule has 1 aromatic carbocycles. The fraction of sp³-hybridized carbons (Fsp3) is 0.176. The quantitative estimate of drug-likeness (QED) is 0.610. The molecule has 0 amide bonds. The Morgan fingerprint density at radius 2 is 1.62 bits per heavy atom. The van der Waals surface area contributed by atoms with E-state index in [9.17, 15) is 9.59 Å². The van der Waals surface area contributed by atoms with E-state index in [1.54, 1.807) is 18.2 Å². The van der Waals surface area contributed by atoms with E-state index in [0.29, 0.717) is 27.7 Å². The second kappa shape index (κ2) is 7.65. The highest BCUT2D eigenvalue weighted by atomic mass is 32.1. The molecule has 6 nitrogen and oxygen atoms in total. The number of thiophene rings is 1. The van der Waals surface area contributed by atoms with Gasteiger partial charge in [0.25, 0.3) is 0 Å². The zero-order valence-corrected chi connectivity index (χ0v) is 14.2. The molecule has 0 saturated carbocycles. The van der Waals surface area contributed by atoms with Crippen molar-refractivity contribution in [2.24, 2.45) is 0 Å². The number of carbonyl (C=O) groups excluding carboxylic acids is 1. The fourth-order valence-corrected chi connectivity index (χ4v) is 2.85. The molecule has 0 saturated heterocycles. The zero-order chi connectivity index (χ0) is 17.7. The Hall–Kier alpha value is -2.80. The number of allylic oxidation sites excluding steroid dienone is 1. The maximum absolute atomic E-state index is 12.2. The Kier molecular flexibility index (Phi) is 5.59. The van der Waals surface area contributed by atoms with Crippen LogP contribution in [-0.4, -0.2) is 38.2 Å². The van der Waals surface area contributed by atoms with Gasteiger partial charge in [0.05, 0.1) is 26.2 Å². The van der Waals surface area contributed by atoms with E-state index in [-0.39, 0.29) is 10.7 Å². The minimum absolute atomic E-state index is 0.121. The molecule has 0 unspecified atom stereocenters. The number of hydrogen-bond acceptors (Lipinski definition) is 6. The lowest BCUT2D eigenvalue weighted by molar-refractivity contribution is 0.0702. The van der Waals surface area contributed by atoms with Gasteiger partial charge in [0.15, 0.2) is 17.3 Å². The summed E-state index contributed by atoms with van der Waals surface area (Å²) < 4.78 is 15.8. The van der Waals surface area contributed by atoms with Crippen molar-refractivity contribution in [3.05, 3.63) is 45.7 Å². The van der Waals surface area contributed by atoms with Crippen molar-refractivity contribution in [2.45, 2.75) is 0 Å². The van der Waals surface area contributed by atoms with Gasteiger partial charge in [0.2, 0.25) is 5.75 Å². The molecule has 0 aliphatic heterocycles. The minimum Gasteiger partial charge on any atom is -0.493 e. The number of methoxy groups -OCH3 is 3. The smallest absolute Gasteiger partial charge is 0.345 e. The molecule has 0 aliphatic rings. The van der Waals surface area contributed by atoms with Crippen molar-refractivity contribution >= 4 is 29.2 Å². The number of carboxylic acids is 1. The van der Waals surface area contributed by atoms with Crippen molar-refractivity contribution in [3.63, 3.8) is 0 Å². The third kappa shape index (κ3) is 3.57. The predicted octanol–water partition coefficient (Wildman–Crippen LogP) is 3.37. The van der Waals surface area contributed by atoms with Gasteiger partial charge in [-0.25, -0.2) is 4.79 Å². The number of ether oxygens (including phenoxy) is 3. The number of hydrogen-bond donors (Lipinski definition) is 1. The molecule has 0 bridgehead atoms. The maximum atomic E-state index is 12.2. The lowest BCUT2D eigenvalue weighted by atomic mass is 10.1. The van der Waals surface area contributed by atoms with Gasteiger partial charge in [-0.15, -0.1) is 11.3 Å². The highest BCUT2D eigenvalue weighted by Crippen LogP contribution is 2.40. The van der Waals surface area contributed by atoms with Crippen LogP contribution in [0.15, 0.2) is 30.3 Å². The van der Waals surface area contributed by atoms with Crippen LogP contribution in [0, 0.1) is 0 Å². The second-order valence-corrected chi connectivity index (χ2v) is 5.67. The second-order valence-electron chi connectivity index (χ2n) is 4.59. The minimum atomic E-state index is -1.05. The summed E-state index contributed by atoms with van der Waals surface area (Å²) in [5.74, 6) is 0.0494. The molecule has 0 spiro atoms. The molecule has 2 aromatic rings. The van der Waals surface area contributed by atoms with Crippen molar-refractivity contribution in [2.75, 3.05) is 21.3 Å². The molecular weight excluding hydrogens is 332 g/mol. The summed E-state index contributed by atoms with van der Waals surface area (Å²) >= 11 is 0.932. The number of benzene rings is 1. The molecule has 0 atom stereocenters. The molecule has 126 valence electrons. The molecule has 0 radical (unpaired) electrons. The average Bonchev–Trinajstić information content (AvgIpc) is 3.09. The number of rotatable bonds is 7. The van der Waals surface area contributed by atoms with Crippen LogP contribution in [-0.2, 0) is 0 Å². The van der Waals surface area contributed by atoms with Crippen LogP contribution in [0.2, 0.25) is 0 Å². The lowest BCUT2D eigenvalue weighted by Gasteiger charge is -2.13. The van der Waals surface area contributed by atoms with E-state index in [1.165, 1.54) is 39.5 Å². The number of carboxylic acid groups (broad SMARTS) is 1. The van der Waals surface area contributed by atoms with Gasteiger partial charge in [-0.1, -0.05) is 0 Å². The summed E-state index contributed by atoms with van der Waals surface area (Å²) in [6.07, 6.45) is 2.95. The Morgan fingerprint density at radius 3 is 2.17 bits per heavy atom. The molecule has 1 aromatic heterocycles. The van der Waals surface area contributed by atoms with Gasteiger partial charge >= 0.3 is 5.97 Å². The molecular formula is C17H16O6S. The summed E-state index contributed by atoms with van der Waals surface area (Å²) in [6, 6.07) is 6.35. The molecule has 24 heavy (non-hydrogen) atoms. The highest BCUT2D eigenvalue weighted by Gasteiger charge is 2.15. The van der Waals surface area contributed by atoms with Crippen LogP contribution in [0.3, 0.4) is 0 Å². The van der Waals surface area contributed by atoms with E-state index < -0.39 is 5.97 Å². The molecule has 1 N–H and O–H groups in total. The van der Waals surface area contributed by atoms with Crippen LogP contribution in [0.25, 0.3) is 6.08 Å². The van der Waals surface area contributed by atoms with Crippen molar-refractivity contribution in [1.29, 1.82) is 0 Å². The number of aromatic carboxylic acids is 1. The van der Waals surface area contributed by atoms with Crippen molar-refractivity contribution < 1.29 is 28.9 Å². The van der Waals surface area contributed by atoms with E-state index in [1.807, 2.05) is 0 Å². The van der Waals surface area contributed by atoms with E-state index in [0.717, 1.165) is 11.3 Å². The third-order valence-electron chi connectivity index (χ3n) is 3.21. The first kappa shape index (κ1) is 17.6. The Balaban J connectivity index is 2.30. The first-order valence-corrected chi connectivity index (χ1v) is 7.68. The monoisotopic (exact) mass is 348 g/mol. The van der Waals surface area contributed by atoms with E-state index in [2.05, 4.69) is 0 Å². The number of carbonyl (C=O) groups is 2. The molecule has 1 heterocycles. The van der Waals surface area contributed by atoms with Gasteiger partial charge < -0.3 is 19.3 Å². The number of ketones is 1. The van der Waals surface area contributed by atoms with Gasteiger partial charge in [0.1, 0.15) is 4.88 Å². The predicted molar refractivity (Wildman–Crippen MR) is 90.7 cm³/mol. The zero-order valence-electron chi connectivity index (χ0n) is 13.4. The Labute approximate surface area is 142 Å². The molecule has 0 aliphatic carbocycles. The summed E-state index contributed by atoms with van der Waals surface area (Å²) in [5, 5.41) is 8.90. The highest BCUT2D eigenvalue weighted by molar-refractivity contribution is 7.16. The largest absolute Gasteiger partial charge is 0.493 e. The molecule has 2 rings (SSSR count). The van der Waals surface area contributed by atoms with Gasteiger partial charge in [-0.3, -0.25) is 4.79 Å². The summed E-state index contributed by atoms with van der Waals surface area (Å²) in [7, 11) is 4.51. The van der Waals surface area contributed by atoms with Crippen LogP contribution < -0.4 is 14.2 Å². The standard InChI is InChI=1S/C17H16O6S/c1-21-12-7-5-10(15(22-2)16(12)23-3)4-6-11(18)13-8-9-14(24-13)17(19)20/h4-9H,1-3H3,(H,19,20)/b6-4+. The molecule has 0 fully saturated rings.